The molecule has 2 nitrogen and oxygen atoms in total. The van der Waals surface area contributed by atoms with Gasteiger partial charge in [0.25, 0.3) is 0 Å². The minimum atomic E-state index is 0.895. The highest BCUT2D eigenvalue weighted by Crippen LogP contribution is 2.42. The molecule has 1 aromatic heterocycles. The van der Waals surface area contributed by atoms with Crippen molar-refractivity contribution in [3.05, 3.63) is 212 Å². The highest BCUT2D eigenvalue weighted by atomic mass is 16.3. The fraction of sp³-hybridized carbons (Fsp3) is 0. The third kappa shape index (κ3) is 5.51. The van der Waals surface area contributed by atoms with Crippen LogP contribution >= 0.6 is 0 Å². The summed E-state index contributed by atoms with van der Waals surface area (Å²) in [5.74, 6) is 0. The molecule has 10 aromatic carbocycles. The molecule has 0 bridgehead atoms. The van der Waals surface area contributed by atoms with Gasteiger partial charge in [0.1, 0.15) is 11.2 Å². The van der Waals surface area contributed by atoms with E-state index in [2.05, 4.69) is 205 Å². The molecule has 0 atom stereocenters. The molecule has 0 saturated heterocycles. The zero-order valence-corrected chi connectivity index (χ0v) is 30.6. The van der Waals surface area contributed by atoms with Gasteiger partial charge in [-0.3, -0.25) is 0 Å². The Kier molecular flexibility index (Phi) is 7.53. The van der Waals surface area contributed by atoms with E-state index in [9.17, 15) is 0 Å². The van der Waals surface area contributed by atoms with Gasteiger partial charge in [0.2, 0.25) is 0 Å². The number of furan rings is 1. The molecule has 0 radical (unpaired) electrons. The standard InChI is InChI=1S/C54H35NO/c1-2-12-39-32-41(24-22-36(39)10-1)37-26-29-45(30-27-37)55(47-16-8-14-43(35-47)50-19-9-21-53-54(50)51-18-5-6-20-52(51)56-53)46-15-7-13-40(34-46)42-28-31-49-44(33-42)25-23-38-11-3-4-17-48(38)49/h1-35H. The van der Waals surface area contributed by atoms with Gasteiger partial charge in [0.05, 0.1) is 0 Å². The molecule has 0 amide bonds. The zero-order chi connectivity index (χ0) is 37.0. The first-order valence-electron chi connectivity index (χ1n) is 19.2. The van der Waals surface area contributed by atoms with Crippen LogP contribution in [0.3, 0.4) is 0 Å². The second-order valence-electron chi connectivity index (χ2n) is 14.5. The van der Waals surface area contributed by atoms with Crippen LogP contribution in [0.5, 0.6) is 0 Å². The fourth-order valence-electron chi connectivity index (χ4n) is 8.46. The predicted octanol–water partition coefficient (Wildman–Crippen LogP) is 15.5. The van der Waals surface area contributed by atoms with Crippen molar-refractivity contribution in [1.29, 1.82) is 0 Å². The summed E-state index contributed by atoms with van der Waals surface area (Å²) in [6, 6.07) is 76.6. The van der Waals surface area contributed by atoms with Crippen molar-refractivity contribution in [3.63, 3.8) is 0 Å². The van der Waals surface area contributed by atoms with Gasteiger partial charge in [-0.25, -0.2) is 0 Å². The van der Waals surface area contributed by atoms with E-state index in [0.29, 0.717) is 0 Å². The maximum atomic E-state index is 6.29. The van der Waals surface area contributed by atoms with E-state index in [1.54, 1.807) is 0 Å². The van der Waals surface area contributed by atoms with Gasteiger partial charge >= 0.3 is 0 Å². The van der Waals surface area contributed by atoms with Gasteiger partial charge in [0.15, 0.2) is 0 Å². The molecule has 0 unspecified atom stereocenters. The average molecular weight is 714 g/mol. The smallest absolute Gasteiger partial charge is 0.136 e. The second kappa shape index (κ2) is 13.2. The van der Waals surface area contributed by atoms with Crippen LogP contribution in [0.15, 0.2) is 217 Å². The van der Waals surface area contributed by atoms with E-state index in [0.717, 1.165) is 50.1 Å². The fourth-order valence-corrected chi connectivity index (χ4v) is 8.46. The first-order valence-corrected chi connectivity index (χ1v) is 19.2. The summed E-state index contributed by atoms with van der Waals surface area (Å²) in [5, 5.41) is 9.80. The Bertz CT molecular complexity index is 3260. The minimum absolute atomic E-state index is 0.895. The number of nitrogens with zero attached hydrogens (tertiary/aromatic N) is 1. The molecule has 0 aliphatic heterocycles. The molecule has 0 N–H and O–H groups in total. The quantitative estimate of drug-likeness (QED) is 0.160. The van der Waals surface area contributed by atoms with Gasteiger partial charge in [-0.15, -0.1) is 0 Å². The molecular weight excluding hydrogens is 679 g/mol. The van der Waals surface area contributed by atoms with Gasteiger partial charge in [-0.05, 0) is 126 Å². The Balaban J connectivity index is 1.04. The molecule has 56 heavy (non-hydrogen) atoms. The van der Waals surface area contributed by atoms with E-state index >= 15 is 0 Å². The van der Waals surface area contributed by atoms with Crippen molar-refractivity contribution in [2.45, 2.75) is 0 Å². The Labute approximate surface area is 325 Å². The largest absolute Gasteiger partial charge is 0.456 e. The van der Waals surface area contributed by atoms with E-state index in [-0.39, 0.29) is 0 Å². The lowest BCUT2D eigenvalue weighted by molar-refractivity contribution is 0.669. The molecular formula is C54H35NO. The van der Waals surface area contributed by atoms with Crippen LogP contribution in [-0.2, 0) is 0 Å². The first kappa shape index (κ1) is 32.0. The average Bonchev–Trinajstić information content (AvgIpc) is 3.66. The zero-order valence-electron chi connectivity index (χ0n) is 30.6. The molecule has 0 spiro atoms. The van der Waals surface area contributed by atoms with Crippen LogP contribution in [0.4, 0.5) is 17.1 Å². The van der Waals surface area contributed by atoms with Gasteiger partial charge in [0, 0.05) is 27.8 Å². The van der Waals surface area contributed by atoms with Crippen molar-refractivity contribution in [1.82, 2.24) is 0 Å². The lowest BCUT2D eigenvalue weighted by atomic mass is 9.97. The number of anilines is 3. The summed E-state index contributed by atoms with van der Waals surface area (Å²) in [4.78, 5) is 2.37. The molecule has 0 fully saturated rings. The number of hydrogen-bond donors (Lipinski definition) is 0. The lowest BCUT2D eigenvalue weighted by Crippen LogP contribution is -2.10. The Hall–Kier alpha value is -7.42. The minimum Gasteiger partial charge on any atom is -0.456 e. The number of fused-ring (bicyclic) bond motifs is 7. The number of hydrogen-bond acceptors (Lipinski definition) is 2. The highest BCUT2D eigenvalue weighted by Gasteiger charge is 2.17. The van der Waals surface area contributed by atoms with Crippen molar-refractivity contribution in [3.8, 4) is 33.4 Å². The number of benzene rings is 10. The molecule has 1 heterocycles. The summed E-state index contributed by atoms with van der Waals surface area (Å²) in [6.45, 7) is 0. The van der Waals surface area contributed by atoms with E-state index in [4.69, 9.17) is 4.42 Å². The highest BCUT2D eigenvalue weighted by molar-refractivity contribution is 6.12. The molecule has 0 aliphatic carbocycles. The summed E-state index contributed by atoms with van der Waals surface area (Å²) in [6.07, 6.45) is 0. The number of rotatable bonds is 6. The predicted molar refractivity (Wildman–Crippen MR) is 237 cm³/mol. The third-order valence-corrected chi connectivity index (χ3v) is 11.2. The lowest BCUT2D eigenvalue weighted by Gasteiger charge is -2.27. The number of para-hydroxylation sites is 1. The Morgan fingerprint density at radius 3 is 1.70 bits per heavy atom. The molecule has 2 heteroatoms. The Morgan fingerprint density at radius 2 is 0.839 bits per heavy atom. The van der Waals surface area contributed by atoms with Crippen LogP contribution in [0, 0.1) is 0 Å². The molecule has 262 valence electrons. The van der Waals surface area contributed by atoms with Gasteiger partial charge < -0.3 is 9.32 Å². The van der Waals surface area contributed by atoms with Crippen molar-refractivity contribution in [2.24, 2.45) is 0 Å². The summed E-state index contributed by atoms with van der Waals surface area (Å²) in [5.41, 5.74) is 12.1. The maximum Gasteiger partial charge on any atom is 0.136 e. The van der Waals surface area contributed by atoms with Crippen LogP contribution in [0.1, 0.15) is 0 Å². The molecule has 11 rings (SSSR count). The first-order chi connectivity index (χ1) is 27.7. The van der Waals surface area contributed by atoms with Crippen LogP contribution in [-0.4, -0.2) is 0 Å². The van der Waals surface area contributed by atoms with E-state index in [1.165, 1.54) is 54.6 Å². The van der Waals surface area contributed by atoms with Gasteiger partial charge in [-0.1, -0.05) is 152 Å². The van der Waals surface area contributed by atoms with Crippen molar-refractivity contribution < 1.29 is 4.42 Å². The maximum absolute atomic E-state index is 6.29. The monoisotopic (exact) mass is 713 g/mol. The second-order valence-corrected chi connectivity index (χ2v) is 14.5. The van der Waals surface area contributed by atoms with Crippen LogP contribution in [0.2, 0.25) is 0 Å². The third-order valence-electron chi connectivity index (χ3n) is 11.2. The van der Waals surface area contributed by atoms with Crippen molar-refractivity contribution >= 4 is 71.3 Å². The summed E-state index contributed by atoms with van der Waals surface area (Å²) < 4.78 is 6.29. The molecule has 0 aliphatic rings. The molecule has 11 aromatic rings. The SMILES string of the molecule is c1cc(-c2ccc3c(ccc4ccccc43)c2)cc(N(c2ccc(-c3ccc4ccccc4c3)cc2)c2cccc(-c3cccc4oc5ccccc5c34)c2)c1. The molecule has 0 saturated carbocycles. The van der Waals surface area contributed by atoms with Crippen LogP contribution < -0.4 is 4.90 Å². The van der Waals surface area contributed by atoms with Gasteiger partial charge in [-0.2, -0.15) is 0 Å². The Morgan fingerprint density at radius 1 is 0.286 bits per heavy atom. The summed E-state index contributed by atoms with van der Waals surface area (Å²) in [7, 11) is 0. The van der Waals surface area contributed by atoms with E-state index < -0.39 is 0 Å². The van der Waals surface area contributed by atoms with E-state index in [1.807, 2.05) is 12.1 Å². The normalized spacial score (nSPS) is 11.6. The van der Waals surface area contributed by atoms with Crippen LogP contribution in [0.25, 0.3) is 87.6 Å². The topological polar surface area (TPSA) is 16.4 Å². The van der Waals surface area contributed by atoms with Crippen molar-refractivity contribution in [2.75, 3.05) is 4.90 Å². The summed E-state index contributed by atoms with van der Waals surface area (Å²) >= 11 is 0.